The van der Waals surface area contributed by atoms with Gasteiger partial charge in [0.15, 0.2) is 0 Å². The number of ether oxygens (including phenoxy) is 1. The molecule has 2 rings (SSSR count). The van der Waals surface area contributed by atoms with Gasteiger partial charge in [-0.1, -0.05) is 42.2 Å². The third-order valence-electron chi connectivity index (χ3n) is 2.64. The molecular formula is C16H14O2S. The summed E-state index contributed by atoms with van der Waals surface area (Å²) in [5.41, 5.74) is 2.03. The fourth-order valence-corrected chi connectivity index (χ4v) is 2.43. The number of methoxy groups -OCH3 is 1. The fourth-order valence-electron chi connectivity index (χ4n) is 1.67. The summed E-state index contributed by atoms with van der Waals surface area (Å²) in [4.78, 5) is 12.0. The Balaban J connectivity index is 1.97. The molecule has 19 heavy (non-hydrogen) atoms. The molecule has 0 saturated carbocycles. The van der Waals surface area contributed by atoms with E-state index in [0.29, 0.717) is 4.88 Å². The van der Waals surface area contributed by atoms with Crippen LogP contribution in [-0.2, 0) is 11.2 Å². The van der Waals surface area contributed by atoms with Crippen LogP contribution in [-0.4, -0.2) is 13.1 Å². The van der Waals surface area contributed by atoms with E-state index in [4.69, 9.17) is 4.74 Å². The topological polar surface area (TPSA) is 26.3 Å². The summed E-state index contributed by atoms with van der Waals surface area (Å²) in [6.45, 7) is 0. The van der Waals surface area contributed by atoms with Crippen molar-refractivity contribution in [2.75, 3.05) is 7.11 Å². The Bertz CT molecular complexity index is 602. The van der Waals surface area contributed by atoms with E-state index in [-0.39, 0.29) is 5.97 Å². The first kappa shape index (κ1) is 13.4. The molecule has 2 nitrogen and oxygen atoms in total. The average molecular weight is 270 g/mol. The van der Waals surface area contributed by atoms with Crippen LogP contribution < -0.4 is 0 Å². The highest BCUT2D eigenvalue weighted by atomic mass is 32.1. The number of hydrogen-bond acceptors (Lipinski definition) is 3. The zero-order valence-corrected chi connectivity index (χ0v) is 11.5. The fraction of sp³-hybridized carbons (Fsp3) is 0.188. The van der Waals surface area contributed by atoms with Crippen LogP contribution in [0.1, 0.15) is 27.2 Å². The highest BCUT2D eigenvalue weighted by Gasteiger charge is 2.11. The molecule has 1 heterocycles. The first-order valence-corrected chi connectivity index (χ1v) is 6.88. The van der Waals surface area contributed by atoms with Crippen molar-refractivity contribution in [1.29, 1.82) is 0 Å². The zero-order valence-electron chi connectivity index (χ0n) is 10.7. The second-order valence-electron chi connectivity index (χ2n) is 3.94. The van der Waals surface area contributed by atoms with Crippen molar-refractivity contribution in [3.63, 3.8) is 0 Å². The Hall–Kier alpha value is -2.05. The highest BCUT2D eigenvalue weighted by molar-refractivity contribution is 7.12. The van der Waals surface area contributed by atoms with Crippen molar-refractivity contribution < 1.29 is 9.53 Å². The number of carbonyl (C=O) groups is 1. The van der Waals surface area contributed by atoms with E-state index in [2.05, 4.69) is 24.0 Å². The SMILES string of the molecule is COC(=O)c1sccc1C#CCCc1ccccc1. The monoisotopic (exact) mass is 270 g/mol. The van der Waals surface area contributed by atoms with E-state index >= 15 is 0 Å². The second kappa shape index (κ2) is 6.77. The van der Waals surface area contributed by atoms with Gasteiger partial charge in [-0.05, 0) is 23.4 Å². The van der Waals surface area contributed by atoms with Crippen LogP contribution in [0.5, 0.6) is 0 Å². The maximum absolute atomic E-state index is 11.5. The predicted molar refractivity (Wildman–Crippen MR) is 77.3 cm³/mol. The number of esters is 1. The van der Waals surface area contributed by atoms with Gasteiger partial charge in [0.2, 0.25) is 0 Å². The normalized spacial score (nSPS) is 9.53. The van der Waals surface area contributed by atoms with Crippen LogP contribution in [0.3, 0.4) is 0 Å². The summed E-state index contributed by atoms with van der Waals surface area (Å²) in [5.74, 6) is 5.83. The number of carbonyl (C=O) groups excluding carboxylic acids is 1. The molecule has 0 unspecified atom stereocenters. The lowest BCUT2D eigenvalue weighted by molar-refractivity contribution is 0.0606. The first-order valence-electron chi connectivity index (χ1n) is 6.00. The molecule has 0 radical (unpaired) electrons. The molecule has 0 bridgehead atoms. The first-order chi connectivity index (χ1) is 9.31. The minimum absolute atomic E-state index is 0.317. The quantitative estimate of drug-likeness (QED) is 0.630. The maximum Gasteiger partial charge on any atom is 0.349 e. The summed E-state index contributed by atoms with van der Waals surface area (Å²) in [5, 5.41) is 1.85. The van der Waals surface area contributed by atoms with Gasteiger partial charge in [-0.3, -0.25) is 0 Å². The third kappa shape index (κ3) is 3.70. The molecule has 0 fully saturated rings. The lowest BCUT2D eigenvalue weighted by atomic mass is 10.1. The van der Waals surface area contributed by atoms with Crippen molar-refractivity contribution in [1.82, 2.24) is 0 Å². The molecule has 0 amide bonds. The number of rotatable bonds is 3. The van der Waals surface area contributed by atoms with Crippen LogP contribution in [0.15, 0.2) is 41.8 Å². The van der Waals surface area contributed by atoms with Gasteiger partial charge in [-0.15, -0.1) is 11.3 Å². The molecule has 96 valence electrons. The average Bonchev–Trinajstić information content (AvgIpc) is 2.92. The second-order valence-corrected chi connectivity index (χ2v) is 4.86. The van der Waals surface area contributed by atoms with E-state index in [1.807, 2.05) is 29.6 Å². The van der Waals surface area contributed by atoms with E-state index in [9.17, 15) is 4.79 Å². The molecule has 0 aliphatic carbocycles. The van der Waals surface area contributed by atoms with Gasteiger partial charge >= 0.3 is 5.97 Å². The van der Waals surface area contributed by atoms with E-state index in [1.54, 1.807) is 0 Å². The Morgan fingerprint density at radius 1 is 1.26 bits per heavy atom. The molecule has 0 aliphatic rings. The van der Waals surface area contributed by atoms with Crippen molar-refractivity contribution >= 4 is 17.3 Å². The summed E-state index contributed by atoms with van der Waals surface area (Å²) in [7, 11) is 1.38. The van der Waals surface area contributed by atoms with Crippen molar-refractivity contribution in [2.24, 2.45) is 0 Å². The minimum Gasteiger partial charge on any atom is -0.465 e. The predicted octanol–water partition coefficient (Wildman–Crippen LogP) is 3.52. The lowest BCUT2D eigenvalue weighted by Gasteiger charge is -1.96. The highest BCUT2D eigenvalue weighted by Crippen LogP contribution is 2.16. The van der Waals surface area contributed by atoms with Crippen LogP contribution in [0.25, 0.3) is 0 Å². The molecule has 1 aromatic carbocycles. The molecule has 0 aliphatic heterocycles. The number of thiophene rings is 1. The van der Waals surface area contributed by atoms with Gasteiger partial charge in [0.05, 0.1) is 7.11 Å². The minimum atomic E-state index is -0.317. The van der Waals surface area contributed by atoms with Crippen molar-refractivity contribution in [3.05, 3.63) is 57.8 Å². The van der Waals surface area contributed by atoms with Gasteiger partial charge < -0.3 is 4.74 Å². The van der Waals surface area contributed by atoms with Gasteiger partial charge in [0, 0.05) is 12.0 Å². The number of aryl methyl sites for hydroxylation is 1. The van der Waals surface area contributed by atoms with Gasteiger partial charge in [-0.25, -0.2) is 4.79 Å². The van der Waals surface area contributed by atoms with Crippen molar-refractivity contribution in [3.8, 4) is 11.8 Å². The smallest absolute Gasteiger partial charge is 0.349 e. The Labute approximate surface area is 117 Å². The van der Waals surface area contributed by atoms with Gasteiger partial charge in [0.25, 0.3) is 0 Å². The molecule has 0 atom stereocenters. The summed E-state index contributed by atoms with van der Waals surface area (Å²) < 4.78 is 4.71. The Kier molecular flexibility index (Phi) is 4.77. The molecule has 2 aromatic rings. The Morgan fingerprint density at radius 2 is 2.05 bits per heavy atom. The third-order valence-corrected chi connectivity index (χ3v) is 3.54. The standard InChI is InChI=1S/C16H14O2S/c1-18-16(17)15-14(11-12-19-15)10-6-5-9-13-7-3-2-4-8-13/h2-4,7-8,11-12H,5,9H2,1H3. The molecule has 0 N–H and O–H groups in total. The van der Waals surface area contributed by atoms with Crippen LogP contribution in [0, 0.1) is 11.8 Å². The number of hydrogen-bond donors (Lipinski definition) is 0. The van der Waals surface area contributed by atoms with E-state index < -0.39 is 0 Å². The van der Waals surface area contributed by atoms with Crippen LogP contribution >= 0.6 is 11.3 Å². The van der Waals surface area contributed by atoms with E-state index in [1.165, 1.54) is 24.0 Å². The molecular weight excluding hydrogens is 256 g/mol. The van der Waals surface area contributed by atoms with Crippen LogP contribution in [0.4, 0.5) is 0 Å². The largest absolute Gasteiger partial charge is 0.465 e. The zero-order chi connectivity index (χ0) is 13.5. The molecule has 0 spiro atoms. The summed E-state index contributed by atoms with van der Waals surface area (Å²) in [6, 6.07) is 12.1. The van der Waals surface area contributed by atoms with Crippen LogP contribution in [0.2, 0.25) is 0 Å². The van der Waals surface area contributed by atoms with E-state index in [0.717, 1.165) is 18.4 Å². The summed E-state index contributed by atoms with van der Waals surface area (Å²) in [6.07, 6.45) is 1.70. The van der Waals surface area contributed by atoms with Gasteiger partial charge in [0.1, 0.15) is 4.88 Å². The Morgan fingerprint density at radius 3 is 2.79 bits per heavy atom. The molecule has 0 saturated heterocycles. The maximum atomic E-state index is 11.5. The number of benzene rings is 1. The molecule has 3 heteroatoms. The van der Waals surface area contributed by atoms with Gasteiger partial charge in [-0.2, -0.15) is 0 Å². The van der Waals surface area contributed by atoms with Crippen molar-refractivity contribution in [2.45, 2.75) is 12.8 Å². The lowest BCUT2D eigenvalue weighted by Crippen LogP contribution is -1.99. The molecule has 1 aromatic heterocycles. The summed E-state index contributed by atoms with van der Waals surface area (Å²) >= 11 is 1.36.